The topological polar surface area (TPSA) is 57.4 Å². The zero-order valence-corrected chi connectivity index (χ0v) is 12.3. The van der Waals surface area contributed by atoms with Gasteiger partial charge in [0.15, 0.2) is 0 Å². The molecule has 0 aliphatic carbocycles. The van der Waals surface area contributed by atoms with Gasteiger partial charge in [-0.15, -0.1) is 0 Å². The quantitative estimate of drug-likeness (QED) is 0.806. The maximum Gasteiger partial charge on any atom is 0.498 e. The van der Waals surface area contributed by atoms with Crippen LogP contribution in [0.25, 0.3) is 10.9 Å². The number of pyridine rings is 1. The molecular weight excluding hydrogens is 251 g/mol. The first-order chi connectivity index (χ1) is 9.30. The Kier molecular flexibility index (Phi) is 2.82. The van der Waals surface area contributed by atoms with Crippen LogP contribution in [-0.2, 0) is 9.31 Å². The zero-order chi connectivity index (χ0) is 14.5. The molecule has 20 heavy (non-hydrogen) atoms. The standard InChI is InChI=1S/C15H19BN2O2/c1-14(2)15(3,4)20-16(19-14)11-9-10-7-5-6-8-12(10)18-13(11)17/h5-9H,1-4H3,(H2,17,18). The fraction of sp³-hybridized carbons (Fsp3) is 0.400. The van der Waals surface area contributed by atoms with Gasteiger partial charge in [-0.3, -0.25) is 0 Å². The summed E-state index contributed by atoms with van der Waals surface area (Å²) >= 11 is 0. The molecule has 5 heteroatoms. The van der Waals surface area contributed by atoms with Crippen molar-refractivity contribution in [3.63, 3.8) is 0 Å². The molecule has 0 spiro atoms. The normalized spacial score (nSPS) is 20.5. The van der Waals surface area contributed by atoms with Gasteiger partial charge in [0.2, 0.25) is 0 Å². The number of benzene rings is 1. The van der Waals surface area contributed by atoms with Crippen LogP contribution >= 0.6 is 0 Å². The smallest absolute Gasteiger partial charge is 0.399 e. The first kappa shape index (κ1) is 13.4. The van der Waals surface area contributed by atoms with Gasteiger partial charge in [0, 0.05) is 5.46 Å². The van der Waals surface area contributed by atoms with Crippen LogP contribution in [0.5, 0.6) is 0 Å². The molecule has 0 atom stereocenters. The van der Waals surface area contributed by atoms with E-state index in [-0.39, 0.29) is 11.2 Å². The Morgan fingerprint density at radius 3 is 2.30 bits per heavy atom. The summed E-state index contributed by atoms with van der Waals surface area (Å²) in [6.07, 6.45) is 0. The predicted molar refractivity (Wildman–Crippen MR) is 81.9 cm³/mol. The molecular formula is C15H19BN2O2. The number of nitrogens with zero attached hydrogens (tertiary/aromatic N) is 1. The van der Waals surface area contributed by atoms with Gasteiger partial charge in [0.05, 0.1) is 16.7 Å². The van der Waals surface area contributed by atoms with Crippen LogP contribution in [0.3, 0.4) is 0 Å². The minimum absolute atomic E-state index is 0.379. The second-order valence-corrected chi connectivity index (χ2v) is 6.24. The summed E-state index contributed by atoms with van der Waals surface area (Å²) in [4.78, 5) is 4.43. The van der Waals surface area contributed by atoms with Crippen LogP contribution in [0.1, 0.15) is 27.7 Å². The van der Waals surface area contributed by atoms with E-state index >= 15 is 0 Å². The van der Waals surface area contributed by atoms with Crippen molar-refractivity contribution >= 4 is 29.3 Å². The van der Waals surface area contributed by atoms with E-state index in [1.54, 1.807) is 0 Å². The largest absolute Gasteiger partial charge is 0.498 e. The maximum atomic E-state index is 6.07. The van der Waals surface area contributed by atoms with Crippen LogP contribution in [-0.4, -0.2) is 23.3 Å². The van der Waals surface area contributed by atoms with Crippen LogP contribution in [0.15, 0.2) is 30.3 Å². The van der Waals surface area contributed by atoms with Crippen molar-refractivity contribution in [1.82, 2.24) is 4.98 Å². The van der Waals surface area contributed by atoms with Crippen LogP contribution in [0.2, 0.25) is 0 Å². The molecule has 1 aliphatic heterocycles. The lowest BCUT2D eigenvalue weighted by molar-refractivity contribution is 0.00578. The SMILES string of the molecule is CC1(C)OB(c2cc3ccccc3nc2N)OC1(C)C. The van der Waals surface area contributed by atoms with Crippen molar-refractivity contribution in [2.24, 2.45) is 0 Å². The number of nitrogens with two attached hydrogens (primary N) is 1. The monoisotopic (exact) mass is 270 g/mol. The molecule has 3 rings (SSSR count). The molecule has 1 aromatic carbocycles. The average molecular weight is 270 g/mol. The van der Waals surface area contributed by atoms with Crippen LogP contribution in [0, 0.1) is 0 Å². The summed E-state index contributed by atoms with van der Waals surface area (Å²) in [5, 5.41) is 1.03. The average Bonchev–Trinajstić information content (AvgIpc) is 2.57. The molecule has 0 saturated carbocycles. The van der Waals surface area contributed by atoms with Crippen molar-refractivity contribution in [3.8, 4) is 0 Å². The van der Waals surface area contributed by atoms with E-state index in [1.165, 1.54) is 0 Å². The van der Waals surface area contributed by atoms with Gasteiger partial charge in [0.1, 0.15) is 5.82 Å². The second-order valence-electron chi connectivity index (χ2n) is 6.24. The minimum atomic E-state index is -0.475. The van der Waals surface area contributed by atoms with E-state index in [1.807, 2.05) is 58.0 Å². The predicted octanol–water partition coefficient (Wildman–Crippen LogP) is 2.12. The minimum Gasteiger partial charge on any atom is -0.399 e. The Hall–Kier alpha value is -1.59. The number of para-hydroxylation sites is 1. The highest BCUT2D eigenvalue weighted by Crippen LogP contribution is 2.36. The molecule has 0 amide bonds. The molecule has 4 nitrogen and oxygen atoms in total. The summed E-state index contributed by atoms with van der Waals surface area (Å²) in [6, 6.07) is 9.88. The Morgan fingerprint density at radius 1 is 1.05 bits per heavy atom. The Bertz CT molecular complexity index is 654. The van der Waals surface area contributed by atoms with Crippen molar-refractivity contribution in [2.45, 2.75) is 38.9 Å². The Balaban J connectivity index is 2.05. The van der Waals surface area contributed by atoms with Gasteiger partial charge in [-0.2, -0.15) is 0 Å². The van der Waals surface area contributed by atoms with Gasteiger partial charge < -0.3 is 15.0 Å². The maximum absolute atomic E-state index is 6.07. The third-order valence-corrected chi connectivity index (χ3v) is 4.29. The lowest BCUT2D eigenvalue weighted by Crippen LogP contribution is -2.41. The molecule has 0 unspecified atom stereocenters. The van der Waals surface area contributed by atoms with Crippen LogP contribution in [0.4, 0.5) is 5.82 Å². The van der Waals surface area contributed by atoms with Gasteiger partial charge >= 0.3 is 7.12 Å². The Labute approximate surface area is 119 Å². The molecule has 1 aromatic heterocycles. The van der Waals surface area contributed by atoms with E-state index < -0.39 is 7.12 Å². The van der Waals surface area contributed by atoms with E-state index in [9.17, 15) is 0 Å². The molecule has 1 fully saturated rings. The van der Waals surface area contributed by atoms with E-state index in [2.05, 4.69) is 4.98 Å². The molecule has 2 aromatic rings. The molecule has 2 heterocycles. The zero-order valence-electron chi connectivity index (χ0n) is 12.3. The lowest BCUT2D eigenvalue weighted by Gasteiger charge is -2.32. The first-order valence-electron chi connectivity index (χ1n) is 6.81. The summed E-state index contributed by atoms with van der Waals surface area (Å²) in [7, 11) is -0.475. The number of rotatable bonds is 1. The number of aromatic nitrogens is 1. The van der Waals surface area contributed by atoms with Gasteiger partial charge in [0.25, 0.3) is 0 Å². The molecule has 0 bridgehead atoms. The number of anilines is 1. The number of nitrogen functional groups attached to an aromatic ring is 1. The lowest BCUT2D eigenvalue weighted by atomic mass is 9.78. The third kappa shape index (κ3) is 1.98. The highest BCUT2D eigenvalue weighted by Gasteiger charge is 2.52. The van der Waals surface area contributed by atoms with E-state index in [0.29, 0.717) is 5.82 Å². The number of hydrogen-bond donors (Lipinski definition) is 1. The molecule has 1 aliphatic rings. The Morgan fingerprint density at radius 2 is 1.65 bits per heavy atom. The van der Waals surface area contributed by atoms with E-state index in [0.717, 1.165) is 16.4 Å². The van der Waals surface area contributed by atoms with E-state index in [4.69, 9.17) is 15.0 Å². The van der Waals surface area contributed by atoms with Crippen molar-refractivity contribution in [3.05, 3.63) is 30.3 Å². The first-order valence-corrected chi connectivity index (χ1v) is 6.81. The summed E-state index contributed by atoms with van der Waals surface area (Å²) in [6.45, 7) is 8.10. The van der Waals surface area contributed by atoms with Gasteiger partial charge in [-0.1, -0.05) is 18.2 Å². The number of hydrogen-bond acceptors (Lipinski definition) is 4. The number of fused-ring (bicyclic) bond motifs is 1. The van der Waals surface area contributed by atoms with Gasteiger partial charge in [-0.05, 0) is 45.2 Å². The highest BCUT2D eigenvalue weighted by molar-refractivity contribution is 6.64. The highest BCUT2D eigenvalue weighted by atomic mass is 16.7. The molecule has 0 radical (unpaired) electrons. The summed E-state index contributed by atoms with van der Waals surface area (Å²) < 4.78 is 12.1. The van der Waals surface area contributed by atoms with Crippen molar-refractivity contribution in [1.29, 1.82) is 0 Å². The molecule has 2 N–H and O–H groups in total. The van der Waals surface area contributed by atoms with Crippen molar-refractivity contribution in [2.75, 3.05) is 5.73 Å². The summed E-state index contributed by atoms with van der Waals surface area (Å²) in [5.41, 5.74) is 6.99. The third-order valence-electron chi connectivity index (χ3n) is 4.29. The molecule has 1 saturated heterocycles. The second kappa shape index (κ2) is 4.20. The fourth-order valence-electron chi connectivity index (χ4n) is 2.31. The molecule has 104 valence electrons. The fourth-order valence-corrected chi connectivity index (χ4v) is 2.31. The van der Waals surface area contributed by atoms with Crippen molar-refractivity contribution < 1.29 is 9.31 Å². The van der Waals surface area contributed by atoms with Gasteiger partial charge in [-0.25, -0.2) is 4.98 Å². The van der Waals surface area contributed by atoms with Crippen LogP contribution < -0.4 is 11.2 Å². The summed E-state index contributed by atoms with van der Waals surface area (Å²) in [5.74, 6) is 0.460.